The van der Waals surface area contributed by atoms with E-state index >= 15 is 0 Å². The Morgan fingerprint density at radius 3 is 2.12 bits per heavy atom. The van der Waals surface area contributed by atoms with E-state index < -0.39 is 12.1 Å². The van der Waals surface area contributed by atoms with Crippen LogP contribution in [-0.2, 0) is 4.79 Å². The van der Waals surface area contributed by atoms with Gasteiger partial charge in [-0.1, -0.05) is 6.92 Å². The van der Waals surface area contributed by atoms with Gasteiger partial charge in [0.2, 0.25) is 0 Å². The second-order valence-electron chi connectivity index (χ2n) is 1.26. The van der Waals surface area contributed by atoms with Crippen LogP contribution in [0.5, 0.6) is 0 Å². The second kappa shape index (κ2) is 5.56. The summed E-state index contributed by atoms with van der Waals surface area (Å²) >= 11 is 0. The summed E-state index contributed by atoms with van der Waals surface area (Å²) in [5, 5.41) is 16.3. The van der Waals surface area contributed by atoms with Gasteiger partial charge in [-0.05, 0) is 6.42 Å². The van der Waals surface area contributed by atoms with E-state index in [1.54, 1.807) is 6.92 Å². The van der Waals surface area contributed by atoms with Crippen molar-refractivity contribution >= 4 is 35.5 Å². The molecule has 0 spiro atoms. The van der Waals surface area contributed by atoms with E-state index in [1.165, 1.54) is 0 Å². The van der Waals surface area contributed by atoms with Crippen LogP contribution in [-0.4, -0.2) is 51.8 Å². The monoisotopic (exact) mass is 127 g/mol. The third-order valence-corrected chi connectivity index (χ3v) is 0.672. The van der Waals surface area contributed by atoms with E-state index in [9.17, 15) is 4.79 Å². The van der Waals surface area contributed by atoms with E-state index in [4.69, 9.17) is 10.2 Å². The van der Waals surface area contributed by atoms with Gasteiger partial charge in [0.1, 0.15) is 0 Å². The first-order valence-electron chi connectivity index (χ1n) is 2.09. The fourth-order valence-electron chi connectivity index (χ4n) is 0.175. The number of rotatable bonds is 2. The fourth-order valence-corrected chi connectivity index (χ4v) is 0.175. The molecular formula is C4H8NaO3. The Morgan fingerprint density at radius 1 is 1.75 bits per heavy atom. The van der Waals surface area contributed by atoms with E-state index in [0.717, 1.165) is 0 Å². The molecule has 0 saturated heterocycles. The maximum Gasteiger partial charge on any atom is 0.332 e. The molecule has 0 aliphatic rings. The summed E-state index contributed by atoms with van der Waals surface area (Å²) in [4.78, 5) is 9.68. The van der Waals surface area contributed by atoms with E-state index in [1.807, 2.05) is 0 Å². The maximum absolute atomic E-state index is 9.68. The molecule has 0 aromatic heterocycles. The molecule has 4 heteroatoms. The first-order chi connectivity index (χ1) is 3.18. The van der Waals surface area contributed by atoms with Crippen molar-refractivity contribution in [1.82, 2.24) is 0 Å². The van der Waals surface area contributed by atoms with Crippen LogP contribution in [0.2, 0.25) is 0 Å². The van der Waals surface area contributed by atoms with Crippen LogP contribution < -0.4 is 0 Å². The molecular weight excluding hydrogens is 119 g/mol. The predicted octanol–water partition coefficient (Wildman–Crippen LogP) is -0.539. The number of carbonyl (C=O) groups is 1. The molecule has 2 N–H and O–H groups in total. The van der Waals surface area contributed by atoms with Crippen LogP contribution >= 0.6 is 0 Å². The Labute approximate surface area is 70.0 Å². The van der Waals surface area contributed by atoms with Crippen molar-refractivity contribution in [3.63, 3.8) is 0 Å². The summed E-state index contributed by atoms with van der Waals surface area (Å²) in [6, 6.07) is 0. The summed E-state index contributed by atoms with van der Waals surface area (Å²) in [7, 11) is 0. The number of aliphatic hydroxyl groups excluding tert-OH is 1. The first kappa shape index (κ1) is 11.3. The quantitative estimate of drug-likeness (QED) is 0.490. The van der Waals surface area contributed by atoms with Crippen molar-refractivity contribution in [2.45, 2.75) is 19.4 Å². The summed E-state index contributed by atoms with van der Waals surface area (Å²) in [5.41, 5.74) is 0. The van der Waals surface area contributed by atoms with E-state index in [0.29, 0.717) is 0 Å². The van der Waals surface area contributed by atoms with Crippen LogP contribution in [0.3, 0.4) is 0 Å². The summed E-state index contributed by atoms with van der Waals surface area (Å²) in [6.07, 6.45) is -0.907. The van der Waals surface area contributed by atoms with Crippen LogP contribution in [0.15, 0.2) is 0 Å². The van der Waals surface area contributed by atoms with Crippen LogP contribution in [0.4, 0.5) is 0 Å². The average Bonchev–Trinajstić information content (AvgIpc) is 1.65. The summed E-state index contributed by atoms with van der Waals surface area (Å²) < 4.78 is 0. The summed E-state index contributed by atoms with van der Waals surface area (Å²) in [6.45, 7) is 1.61. The number of aliphatic hydroxyl groups is 1. The third kappa shape index (κ3) is 4.59. The Morgan fingerprint density at radius 2 is 2.12 bits per heavy atom. The molecule has 0 amide bonds. The minimum absolute atomic E-state index is 0. The molecule has 0 rings (SSSR count). The average molecular weight is 127 g/mol. The molecule has 43 valence electrons. The molecule has 0 aliphatic carbocycles. The van der Waals surface area contributed by atoms with Gasteiger partial charge in [0.05, 0.1) is 0 Å². The minimum Gasteiger partial charge on any atom is -0.479 e. The molecule has 3 nitrogen and oxygen atoms in total. The molecule has 1 atom stereocenters. The molecule has 8 heavy (non-hydrogen) atoms. The molecule has 0 fully saturated rings. The molecule has 1 unspecified atom stereocenters. The maximum atomic E-state index is 9.68. The zero-order valence-electron chi connectivity index (χ0n) is 5.09. The number of carboxylic acids is 1. The molecule has 1 radical (unpaired) electrons. The van der Waals surface area contributed by atoms with Crippen LogP contribution in [0.1, 0.15) is 13.3 Å². The largest absolute Gasteiger partial charge is 0.479 e. The number of carboxylic acid groups (broad SMARTS) is 1. The zero-order valence-corrected chi connectivity index (χ0v) is 7.09. The van der Waals surface area contributed by atoms with Crippen molar-refractivity contribution in [2.24, 2.45) is 0 Å². The molecule has 0 aliphatic heterocycles. The zero-order chi connectivity index (χ0) is 5.86. The van der Waals surface area contributed by atoms with Crippen molar-refractivity contribution in [3.05, 3.63) is 0 Å². The molecule has 0 heterocycles. The van der Waals surface area contributed by atoms with Crippen molar-refractivity contribution < 1.29 is 15.0 Å². The number of hydrogen-bond acceptors (Lipinski definition) is 2. The first-order valence-corrected chi connectivity index (χ1v) is 2.09. The molecule has 0 bridgehead atoms. The SMILES string of the molecule is CCC(O)C(=O)O.[Na]. The van der Waals surface area contributed by atoms with Crippen molar-refractivity contribution in [1.29, 1.82) is 0 Å². The topological polar surface area (TPSA) is 57.5 Å². The summed E-state index contributed by atoms with van der Waals surface area (Å²) in [5.74, 6) is -1.15. The molecule has 0 aromatic carbocycles. The van der Waals surface area contributed by atoms with Gasteiger partial charge < -0.3 is 10.2 Å². The van der Waals surface area contributed by atoms with Gasteiger partial charge in [-0.15, -0.1) is 0 Å². The van der Waals surface area contributed by atoms with E-state index in [-0.39, 0.29) is 36.0 Å². The van der Waals surface area contributed by atoms with Gasteiger partial charge in [-0.2, -0.15) is 0 Å². The fraction of sp³-hybridized carbons (Fsp3) is 0.750. The number of aliphatic carboxylic acids is 1. The minimum atomic E-state index is -1.18. The molecule has 0 aromatic rings. The van der Waals surface area contributed by atoms with Gasteiger partial charge >= 0.3 is 5.97 Å². The van der Waals surface area contributed by atoms with Gasteiger partial charge in [0, 0.05) is 29.6 Å². The Bertz CT molecular complexity index is 73.7. The Balaban J connectivity index is 0. The second-order valence-corrected chi connectivity index (χ2v) is 1.26. The Hall–Kier alpha value is 0.430. The van der Waals surface area contributed by atoms with Gasteiger partial charge in [-0.25, -0.2) is 4.79 Å². The van der Waals surface area contributed by atoms with Crippen LogP contribution in [0.25, 0.3) is 0 Å². The van der Waals surface area contributed by atoms with Crippen molar-refractivity contribution in [3.8, 4) is 0 Å². The normalized spacial score (nSPS) is 11.8. The van der Waals surface area contributed by atoms with Crippen molar-refractivity contribution in [2.75, 3.05) is 0 Å². The number of hydrogen-bond donors (Lipinski definition) is 2. The van der Waals surface area contributed by atoms with Crippen LogP contribution in [0, 0.1) is 0 Å². The van der Waals surface area contributed by atoms with Gasteiger partial charge in [-0.3, -0.25) is 0 Å². The molecule has 0 saturated carbocycles. The van der Waals surface area contributed by atoms with Gasteiger partial charge in [0.25, 0.3) is 0 Å². The van der Waals surface area contributed by atoms with Gasteiger partial charge in [0.15, 0.2) is 6.10 Å². The predicted molar refractivity (Wildman–Crippen MR) is 29.7 cm³/mol. The van der Waals surface area contributed by atoms with E-state index in [2.05, 4.69) is 0 Å². The smallest absolute Gasteiger partial charge is 0.332 e. The standard InChI is InChI=1S/C4H8O3.Na/c1-2-3(5)4(6)7;/h3,5H,2H2,1H3,(H,6,7);. The Kier molecular flexibility index (Phi) is 7.83. The third-order valence-electron chi connectivity index (χ3n) is 0.672.